The Hall–Kier alpha value is -1.08. The first kappa shape index (κ1) is 12.0. The molecule has 1 nitrogen and oxygen atoms in total. The van der Waals surface area contributed by atoms with Gasteiger partial charge in [0.1, 0.15) is 0 Å². The van der Waals surface area contributed by atoms with E-state index in [1.807, 2.05) is 24.3 Å². The Morgan fingerprint density at radius 3 is 2.33 bits per heavy atom. The van der Waals surface area contributed by atoms with Gasteiger partial charge in [0.25, 0.3) is 0 Å². The van der Waals surface area contributed by atoms with E-state index in [-0.39, 0.29) is 6.10 Å². The number of benzene rings is 1. The molecule has 0 spiro atoms. The Labute approximate surface area is 93.2 Å². The lowest BCUT2D eigenvalue weighted by Gasteiger charge is -2.24. The van der Waals surface area contributed by atoms with Crippen molar-refractivity contribution in [3.8, 4) is 0 Å². The van der Waals surface area contributed by atoms with Crippen LogP contribution in [0.15, 0.2) is 48.7 Å². The van der Waals surface area contributed by atoms with Gasteiger partial charge >= 0.3 is 0 Å². The maximum atomic E-state index is 6.05. The van der Waals surface area contributed by atoms with E-state index in [1.54, 1.807) is 0 Å². The lowest BCUT2D eigenvalue weighted by atomic mass is 10.1. The minimum Gasteiger partial charge on any atom is -0.407 e. The maximum Gasteiger partial charge on any atom is 0.185 e. The normalized spacial score (nSPS) is 13.0. The van der Waals surface area contributed by atoms with Crippen molar-refractivity contribution in [2.24, 2.45) is 0 Å². The van der Waals surface area contributed by atoms with Crippen LogP contribution in [0.3, 0.4) is 0 Å². The Bertz CT molecular complexity index is 345. The van der Waals surface area contributed by atoms with Crippen LogP contribution in [0.4, 0.5) is 0 Å². The summed E-state index contributed by atoms with van der Waals surface area (Å²) in [6.45, 7) is 10.2. The summed E-state index contributed by atoms with van der Waals surface area (Å²) >= 11 is 0. The summed E-state index contributed by atoms with van der Waals surface area (Å²) in [6.07, 6.45) is 1.88. The SMILES string of the molecule is C=C=CC(O[Si](C)(C)C)c1ccccc1. The van der Waals surface area contributed by atoms with Crippen LogP contribution >= 0.6 is 0 Å². The van der Waals surface area contributed by atoms with Gasteiger partial charge < -0.3 is 4.43 Å². The van der Waals surface area contributed by atoms with Crippen molar-refractivity contribution in [1.82, 2.24) is 0 Å². The van der Waals surface area contributed by atoms with Crippen LogP contribution in [-0.2, 0) is 4.43 Å². The molecule has 0 saturated carbocycles. The predicted octanol–water partition coefficient (Wildman–Crippen LogP) is 3.92. The van der Waals surface area contributed by atoms with E-state index in [1.165, 1.54) is 0 Å². The molecule has 1 unspecified atom stereocenters. The molecule has 0 aliphatic heterocycles. The first-order chi connectivity index (χ1) is 7.03. The third-order valence-electron chi connectivity index (χ3n) is 1.88. The molecule has 0 heterocycles. The number of hydrogen-bond donors (Lipinski definition) is 0. The molecule has 1 aromatic rings. The molecule has 0 aliphatic rings. The first-order valence-electron chi connectivity index (χ1n) is 5.11. The van der Waals surface area contributed by atoms with Crippen molar-refractivity contribution in [3.63, 3.8) is 0 Å². The van der Waals surface area contributed by atoms with Crippen LogP contribution in [0.5, 0.6) is 0 Å². The minimum atomic E-state index is -1.54. The molecular formula is C13H18OSi. The molecule has 15 heavy (non-hydrogen) atoms. The molecule has 0 bridgehead atoms. The van der Waals surface area contributed by atoms with Crippen LogP contribution < -0.4 is 0 Å². The molecule has 0 N–H and O–H groups in total. The molecule has 0 radical (unpaired) electrons. The summed E-state index contributed by atoms with van der Waals surface area (Å²) in [7, 11) is -1.54. The molecule has 80 valence electrons. The largest absolute Gasteiger partial charge is 0.407 e. The van der Waals surface area contributed by atoms with Gasteiger partial charge in [0.15, 0.2) is 8.32 Å². The molecule has 0 aromatic heterocycles. The summed E-state index contributed by atoms with van der Waals surface area (Å²) < 4.78 is 6.05. The van der Waals surface area contributed by atoms with Crippen molar-refractivity contribution in [2.75, 3.05) is 0 Å². The highest BCUT2D eigenvalue weighted by atomic mass is 28.4. The molecule has 0 fully saturated rings. The highest BCUT2D eigenvalue weighted by molar-refractivity contribution is 6.69. The van der Waals surface area contributed by atoms with Crippen LogP contribution in [0.25, 0.3) is 0 Å². The Kier molecular flexibility index (Phi) is 4.10. The summed E-state index contributed by atoms with van der Waals surface area (Å²) in [5.41, 5.74) is 3.97. The molecule has 1 aromatic carbocycles. The smallest absolute Gasteiger partial charge is 0.185 e. The van der Waals surface area contributed by atoms with E-state index >= 15 is 0 Å². The summed E-state index contributed by atoms with van der Waals surface area (Å²) in [5.74, 6) is 0. The van der Waals surface area contributed by atoms with Crippen LogP contribution in [-0.4, -0.2) is 8.32 Å². The van der Waals surface area contributed by atoms with Crippen LogP contribution in [0.1, 0.15) is 11.7 Å². The fourth-order valence-corrected chi connectivity index (χ4v) is 2.29. The second-order valence-electron chi connectivity index (χ2n) is 4.43. The molecule has 0 aliphatic carbocycles. The van der Waals surface area contributed by atoms with E-state index in [4.69, 9.17) is 4.43 Å². The van der Waals surface area contributed by atoms with Gasteiger partial charge in [-0.2, -0.15) is 0 Å². The van der Waals surface area contributed by atoms with Gasteiger partial charge in [-0.1, -0.05) is 36.9 Å². The molecule has 1 rings (SSSR count). The standard InChI is InChI=1S/C13H18OSi/c1-5-9-13(14-15(2,3)4)12-10-7-6-8-11-12/h6-11,13H,1H2,2-4H3. The Morgan fingerprint density at radius 2 is 1.87 bits per heavy atom. The van der Waals surface area contributed by atoms with Crippen molar-refractivity contribution in [1.29, 1.82) is 0 Å². The van der Waals surface area contributed by atoms with Gasteiger partial charge in [-0.05, 0) is 31.3 Å². The summed E-state index contributed by atoms with van der Waals surface area (Å²) in [4.78, 5) is 0. The average molecular weight is 218 g/mol. The molecule has 1 atom stereocenters. The molecular weight excluding hydrogens is 200 g/mol. The summed E-state index contributed by atoms with van der Waals surface area (Å²) in [5, 5.41) is 0. The highest BCUT2D eigenvalue weighted by Crippen LogP contribution is 2.22. The van der Waals surface area contributed by atoms with Gasteiger partial charge in [-0.3, -0.25) is 0 Å². The number of rotatable bonds is 4. The quantitative estimate of drug-likeness (QED) is 0.550. The van der Waals surface area contributed by atoms with Gasteiger partial charge in [0.2, 0.25) is 0 Å². The average Bonchev–Trinajstić information content (AvgIpc) is 2.17. The van der Waals surface area contributed by atoms with Gasteiger partial charge in [-0.25, -0.2) is 0 Å². The monoisotopic (exact) mass is 218 g/mol. The fourth-order valence-electron chi connectivity index (χ4n) is 1.33. The summed E-state index contributed by atoms with van der Waals surface area (Å²) in [6, 6.07) is 10.2. The lowest BCUT2D eigenvalue weighted by molar-refractivity contribution is 0.248. The van der Waals surface area contributed by atoms with E-state index in [2.05, 4.69) is 44.1 Å². The zero-order chi connectivity index (χ0) is 11.3. The van der Waals surface area contributed by atoms with E-state index in [9.17, 15) is 0 Å². The number of hydrogen-bond acceptors (Lipinski definition) is 1. The maximum absolute atomic E-state index is 6.05. The van der Waals surface area contributed by atoms with Gasteiger partial charge in [0.05, 0.1) is 6.10 Å². The zero-order valence-corrected chi connectivity index (χ0v) is 10.7. The third kappa shape index (κ3) is 4.30. The second-order valence-corrected chi connectivity index (χ2v) is 8.89. The Balaban J connectivity index is 2.89. The topological polar surface area (TPSA) is 9.23 Å². The molecule has 0 amide bonds. The van der Waals surface area contributed by atoms with E-state index in [0.29, 0.717) is 0 Å². The third-order valence-corrected chi connectivity index (χ3v) is 2.84. The minimum absolute atomic E-state index is 0.00429. The van der Waals surface area contributed by atoms with Gasteiger partial charge in [0, 0.05) is 0 Å². The van der Waals surface area contributed by atoms with Crippen LogP contribution in [0, 0.1) is 0 Å². The van der Waals surface area contributed by atoms with Crippen molar-refractivity contribution in [3.05, 3.63) is 54.3 Å². The lowest BCUT2D eigenvalue weighted by Crippen LogP contribution is -2.27. The van der Waals surface area contributed by atoms with Crippen molar-refractivity contribution >= 4 is 8.32 Å². The van der Waals surface area contributed by atoms with E-state index in [0.717, 1.165) is 5.56 Å². The predicted molar refractivity (Wildman–Crippen MR) is 67.3 cm³/mol. The Morgan fingerprint density at radius 1 is 1.27 bits per heavy atom. The van der Waals surface area contributed by atoms with E-state index < -0.39 is 8.32 Å². The molecule has 2 heteroatoms. The van der Waals surface area contributed by atoms with Crippen molar-refractivity contribution in [2.45, 2.75) is 25.7 Å². The zero-order valence-electron chi connectivity index (χ0n) is 9.66. The first-order valence-corrected chi connectivity index (χ1v) is 8.52. The highest BCUT2D eigenvalue weighted by Gasteiger charge is 2.20. The second kappa shape index (κ2) is 5.13. The van der Waals surface area contributed by atoms with Gasteiger partial charge in [-0.15, -0.1) is 5.73 Å². The van der Waals surface area contributed by atoms with Crippen molar-refractivity contribution < 1.29 is 4.43 Å². The molecule has 0 saturated heterocycles. The van der Waals surface area contributed by atoms with Crippen LogP contribution in [0.2, 0.25) is 19.6 Å². The fraction of sp³-hybridized carbons (Fsp3) is 0.308.